The number of methoxy groups -OCH3 is 1. The fourth-order valence-corrected chi connectivity index (χ4v) is 1.62. The largest absolute Gasteiger partial charge is 0.469 e. The monoisotopic (exact) mass is 174 g/mol. The van der Waals surface area contributed by atoms with Gasteiger partial charge >= 0.3 is 5.97 Å². The maximum atomic E-state index is 11.0. The Bertz CT molecular complexity index is 158. The van der Waals surface area contributed by atoms with Gasteiger partial charge in [-0.25, -0.2) is 0 Å². The number of rotatable bonds is 1. The third kappa shape index (κ3) is 2.19. The smallest absolute Gasteiger partial charge is 0.308 e. The standard InChI is InChI=1S/C8H14O4/c1-12-8(11)5-2-6(9)4-7(10)3-5/h5-7,9-10H,2-4H2,1H3/t5-,6+,7-. The molecule has 1 saturated carbocycles. The Hall–Kier alpha value is -0.610. The van der Waals surface area contributed by atoms with Crippen LogP contribution in [0.15, 0.2) is 0 Å². The Morgan fingerprint density at radius 3 is 2.17 bits per heavy atom. The second-order valence-corrected chi connectivity index (χ2v) is 3.23. The number of carbonyl (C=O) groups is 1. The van der Waals surface area contributed by atoms with Crippen LogP contribution in [0.2, 0.25) is 0 Å². The molecule has 1 rings (SSSR count). The quantitative estimate of drug-likeness (QED) is 0.535. The van der Waals surface area contributed by atoms with Gasteiger partial charge in [-0.2, -0.15) is 0 Å². The number of hydrogen-bond acceptors (Lipinski definition) is 4. The van der Waals surface area contributed by atoms with Crippen LogP contribution in [-0.2, 0) is 9.53 Å². The first-order valence-electron chi connectivity index (χ1n) is 4.07. The lowest BCUT2D eigenvalue weighted by atomic mass is 9.85. The van der Waals surface area contributed by atoms with E-state index in [1.165, 1.54) is 7.11 Å². The van der Waals surface area contributed by atoms with Crippen LogP contribution in [0.5, 0.6) is 0 Å². The van der Waals surface area contributed by atoms with Crippen LogP contribution in [0.1, 0.15) is 19.3 Å². The number of aliphatic hydroxyl groups excluding tert-OH is 2. The van der Waals surface area contributed by atoms with Crippen LogP contribution in [0.4, 0.5) is 0 Å². The predicted molar refractivity (Wildman–Crippen MR) is 41.4 cm³/mol. The molecule has 0 radical (unpaired) electrons. The van der Waals surface area contributed by atoms with Crippen LogP contribution in [0.25, 0.3) is 0 Å². The van der Waals surface area contributed by atoms with E-state index in [2.05, 4.69) is 4.74 Å². The van der Waals surface area contributed by atoms with Gasteiger partial charge in [0.2, 0.25) is 0 Å². The van der Waals surface area contributed by atoms with Gasteiger partial charge in [-0.15, -0.1) is 0 Å². The molecule has 1 fully saturated rings. The lowest BCUT2D eigenvalue weighted by molar-refractivity contribution is -0.150. The van der Waals surface area contributed by atoms with E-state index in [-0.39, 0.29) is 11.9 Å². The normalized spacial score (nSPS) is 36.1. The molecule has 3 atom stereocenters. The molecule has 0 spiro atoms. The van der Waals surface area contributed by atoms with Crippen LogP contribution in [0, 0.1) is 5.92 Å². The summed E-state index contributed by atoms with van der Waals surface area (Å²) in [4.78, 5) is 11.0. The van der Waals surface area contributed by atoms with E-state index in [4.69, 9.17) is 0 Å². The van der Waals surface area contributed by atoms with Gasteiger partial charge in [-0.05, 0) is 19.3 Å². The zero-order chi connectivity index (χ0) is 9.14. The third-order valence-electron chi connectivity index (χ3n) is 2.19. The average Bonchev–Trinajstić information content (AvgIpc) is 2.01. The predicted octanol–water partition coefficient (Wildman–Crippen LogP) is -0.319. The lowest BCUT2D eigenvalue weighted by Crippen LogP contribution is -2.34. The van der Waals surface area contributed by atoms with Gasteiger partial charge in [0.15, 0.2) is 0 Å². The Labute approximate surface area is 71.2 Å². The molecule has 4 nitrogen and oxygen atoms in total. The highest BCUT2D eigenvalue weighted by Crippen LogP contribution is 2.25. The molecule has 12 heavy (non-hydrogen) atoms. The molecule has 0 unspecified atom stereocenters. The second kappa shape index (κ2) is 3.87. The van der Waals surface area contributed by atoms with Crippen molar-refractivity contribution in [3.63, 3.8) is 0 Å². The van der Waals surface area contributed by atoms with Crippen LogP contribution < -0.4 is 0 Å². The molecule has 0 aromatic rings. The van der Waals surface area contributed by atoms with Crippen molar-refractivity contribution in [2.45, 2.75) is 31.5 Å². The molecule has 0 aliphatic heterocycles. The molecule has 0 amide bonds. The number of hydrogen-bond donors (Lipinski definition) is 2. The van der Waals surface area contributed by atoms with Gasteiger partial charge < -0.3 is 14.9 Å². The Morgan fingerprint density at radius 1 is 1.25 bits per heavy atom. The van der Waals surface area contributed by atoms with Gasteiger partial charge in [0, 0.05) is 0 Å². The van der Waals surface area contributed by atoms with Gasteiger partial charge in [0.1, 0.15) is 0 Å². The van der Waals surface area contributed by atoms with E-state index < -0.39 is 12.2 Å². The summed E-state index contributed by atoms with van der Waals surface area (Å²) in [6, 6.07) is 0. The van der Waals surface area contributed by atoms with E-state index in [0.29, 0.717) is 19.3 Å². The van der Waals surface area contributed by atoms with Crippen molar-refractivity contribution in [3.8, 4) is 0 Å². The maximum absolute atomic E-state index is 11.0. The highest BCUT2D eigenvalue weighted by atomic mass is 16.5. The summed E-state index contributed by atoms with van der Waals surface area (Å²) in [6.07, 6.45) is 0.0386. The minimum absolute atomic E-state index is 0.339. The van der Waals surface area contributed by atoms with Crippen molar-refractivity contribution in [2.75, 3.05) is 7.11 Å². The van der Waals surface area contributed by atoms with E-state index in [9.17, 15) is 15.0 Å². The Kier molecular flexibility index (Phi) is 3.05. The average molecular weight is 174 g/mol. The highest BCUT2D eigenvalue weighted by Gasteiger charge is 2.31. The third-order valence-corrected chi connectivity index (χ3v) is 2.19. The van der Waals surface area contributed by atoms with Crippen molar-refractivity contribution in [1.82, 2.24) is 0 Å². The van der Waals surface area contributed by atoms with Crippen LogP contribution in [0.3, 0.4) is 0 Å². The highest BCUT2D eigenvalue weighted by molar-refractivity contribution is 5.72. The fraction of sp³-hybridized carbons (Fsp3) is 0.875. The molecule has 0 aromatic carbocycles. The summed E-state index contributed by atoms with van der Waals surface area (Å²) < 4.78 is 4.53. The van der Waals surface area contributed by atoms with E-state index in [1.54, 1.807) is 0 Å². The van der Waals surface area contributed by atoms with Crippen molar-refractivity contribution in [2.24, 2.45) is 5.92 Å². The number of carbonyl (C=O) groups excluding carboxylic acids is 1. The number of aliphatic hydroxyl groups is 2. The summed E-state index contributed by atoms with van der Waals surface area (Å²) >= 11 is 0. The summed E-state index contributed by atoms with van der Waals surface area (Å²) in [6.45, 7) is 0. The zero-order valence-corrected chi connectivity index (χ0v) is 7.06. The van der Waals surface area contributed by atoms with Gasteiger partial charge in [0.05, 0.1) is 25.2 Å². The first kappa shape index (κ1) is 9.48. The van der Waals surface area contributed by atoms with Crippen molar-refractivity contribution >= 4 is 5.97 Å². The lowest BCUT2D eigenvalue weighted by Gasteiger charge is -2.27. The van der Waals surface area contributed by atoms with Gasteiger partial charge in [0.25, 0.3) is 0 Å². The molecular weight excluding hydrogens is 160 g/mol. The van der Waals surface area contributed by atoms with E-state index >= 15 is 0 Å². The molecule has 70 valence electrons. The molecular formula is C8H14O4. The summed E-state index contributed by atoms with van der Waals surface area (Å²) in [5.74, 6) is -0.679. The number of esters is 1. The Morgan fingerprint density at radius 2 is 1.75 bits per heavy atom. The van der Waals surface area contributed by atoms with Crippen molar-refractivity contribution in [3.05, 3.63) is 0 Å². The molecule has 1 aliphatic carbocycles. The Balaban J connectivity index is 2.49. The minimum atomic E-state index is -0.571. The van der Waals surface area contributed by atoms with Crippen LogP contribution in [-0.4, -0.2) is 35.5 Å². The van der Waals surface area contributed by atoms with E-state index in [0.717, 1.165) is 0 Å². The number of ether oxygens (including phenoxy) is 1. The summed E-state index contributed by atoms with van der Waals surface area (Å²) in [5.41, 5.74) is 0. The molecule has 0 aromatic heterocycles. The molecule has 4 heteroatoms. The van der Waals surface area contributed by atoms with Crippen LogP contribution >= 0.6 is 0 Å². The summed E-state index contributed by atoms with van der Waals surface area (Å²) in [7, 11) is 1.32. The fourth-order valence-electron chi connectivity index (χ4n) is 1.62. The summed E-state index contributed by atoms with van der Waals surface area (Å²) in [5, 5.41) is 18.5. The first-order valence-corrected chi connectivity index (χ1v) is 4.07. The SMILES string of the molecule is COC(=O)[C@@H]1C[C@H](O)C[C@H](O)C1. The zero-order valence-electron chi connectivity index (χ0n) is 7.06. The molecule has 0 bridgehead atoms. The maximum Gasteiger partial charge on any atom is 0.308 e. The molecule has 1 aliphatic rings. The van der Waals surface area contributed by atoms with Crippen molar-refractivity contribution in [1.29, 1.82) is 0 Å². The molecule has 0 heterocycles. The van der Waals surface area contributed by atoms with Gasteiger partial charge in [-0.1, -0.05) is 0 Å². The van der Waals surface area contributed by atoms with Gasteiger partial charge in [-0.3, -0.25) is 4.79 Å². The second-order valence-electron chi connectivity index (χ2n) is 3.23. The topological polar surface area (TPSA) is 66.8 Å². The van der Waals surface area contributed by atoms with Crippen molar-refractivity contribution < 1.29 is 19.7 Å². The van der Waals surface area contributed by atoms with E-state index in [1.807, 2.05) is 0 Å². The first-order chi connectivity index (χ1) is 5.63. The molecule has 2 N–H and O–H groups in total. The molecule has 0 saturated heterocycles. The minimum Gasteiger partial charge on any atom is -0.469 e.